The van der Waals surface area contributed by atoms with Gasteiger partial charge in [0.15, 0.2) is 0 Å². The average molecular weight is 441 g/mol. The fraction of sp³-hybridized carbons (Fsp3) is 0.643. The van der Waals surface area contributed by atoms with Gasteiger partial charge in [0, 0.05) is 25.2 Å². The van der Waals surface area contributed by atoms with Crippen LogP contribution in [-0.2, 0) is 14.3 Å². The lowest BCUT2D eigenvalue weighted by Gasteiger charge is -2.41. The maximum absolute atomic E-state index is 13.2. The third kappa shape index (κ3) is 6.10. The molecule has 2 aliphatic carbocycles. The predicted molar refractivity (Wildman–Crippen MR) is 127 cm³/mol. The highest BCUT2D eigenvalue weighted by Crippen LogP contribution is 2.48. The highest BCUT2D eigenvalue weighted by atomic mass is 16.5. The molecule has 1 N–H and O–H groups in total. The van der Waals surface area contributed by atoms with Crippen molar-refractivity contribution in [2.45, 2.75) is 78.4 Å². The number of allylic oxidation sites excluding steroid dienone is 1. The third-order valence-electron chi connectivity index (χ3n) is 7.62. The summed E-state index contributed by atoms with van der Waals surface area (Å²) in [6.45, 7) is 8.26. The molecule has 176 valence electrons. The molecule has 4 heteroatoms. The van der Waals surface area contributed by atoms with E-state index >= 15 is 0 Å². The summed E-state index contributed by atoms with van der Waals surface area (Å²) in [5.74, 6) is 1.82. The van der Waals surface area contributed by atoms with Gasteiger partial charge in [0.25, 0.3) is 0 Å². The number of ether oxygens (including phenoxy) is 1. The first kappa shape index (κ1) is 24.7. The highest BCUT2D eigenvalue weighted by molar-refractivity contribution is 5.85. The predicted octanol–water partition coefficient (Wildman–Crippen LogP) is 5.90. The Balaban J connectivity index is 1.75. The molecule has 0 radical (unpaired) electrons. The first-order chi connectivity index (χ1) is 15.3. The third-order valence-corrected chi connectivity index (χ3v) is 7.62. The largest absolute Gasteiger partial charge is 0.461 e. The van der Waals surface area contributed by atoms with E-state index in [0.29, 0.717) is 36.5 Å². The SMILES string of the molecule is CC(=O)O[C@@H]1CC(=O)[C@H]([C@H]2C[C@H](C)CC[C@@H]2C(C)C)[C@H]1C=CCCC(O)c1ccccc1. The Hall–Kier alpha value is -1.94. The molecule has 1 aromatic carbocycles. The number of esters is 1. The van der Waals surface area contributed by atoms with E-state index < -0.39 is 6.10 Å². The van der Waals surface area contributed by atoms with Gasteiger partial charge in [0.2, 0.25) is 0 Å². The Kier molecular flexibility index (Phi) is 8.70. The lowest BCUT2D eigenvalue weighted by Crippen LogP contribution is -2.38. The van der Waals surface area contributed by atoms with E-state index in [2.05, 4.69) is 32.9 Å². The Bertz CT molecular complexity index is 784. The Morgan fingerprint density at radius 2 is 1.94 bits per heavy atom. The summed E-state index contributed by atoms with van der Waals surface area (Å²) in [6.07, 6.45) is 8.45. The number of carbonyl (C=O) groups excluding carboxylic acids is 2. The second kappa shape index (κ2) is 11.3. The van der Waals surface area contributed by atoms with E-state index in [1.54, 1.807) is 0 Å². The molecule has 0 bridgehead atoms. The fourth-order valence-electron chi connectivity index (χ4n) is 6.06. The number of Topliss-reactive ketones (excluding diaryl/α,β-unsaturated/α-hetero) is 1. The molecule has 0 aliphatic heterocycles. The van der Waals surface area contributed by atoms with Crippen LogP contribution in [-0.4, -0.2) is 23.0 Å². The minimum atomic E-state index is -0.504. The summed E-state index contributed by atoms with van der Waals surface area (Å²) >= 11 is 0. The van der Waals surface area contributed by atoms with Crippen LogP contribution in [0.4, 0.5) is 0 Å². The minimum absolute atomic E-state index is 0.0724. The number of hydrogen-bond acceptors (Lipinski definition) is 4. The summed E-state index contributed by atoms with van der Waals surface area (Å²) in [5, 5.41) is 10.4. The lowest BCUT2D eigenvalue weighted by atomic mass is 9.63. The lowest BCUT2D eigenvalue weighted by molar-refractivity contribution is -0.147. The molecular weight excluding hydrogens is 400 g/mol. The summed E-state index contributed by atoms with van der Waals surface area (Å²) in [4.78, 5) is 25.0. The van der Waals surface area contributed by atoms with Crippen molar-refractivity contribution in [3.63, 3.8) is 0 Å². The monoisotopic (exact) mass is 440 g/mol. The number of aliphatic hydroxyl groups excluding tert-OH is 1. The van der Waals surface area contributed by atoms with E-state index in [-0.39, 0.29) is 29.7 Å². The van der Waals surface area contributed by atoms with Gasteiger partial charge in [-0.2, -0.15) is 0 Å². The number of rotatable bonds is 8. The molecule has 3 rings (SSSR count). The molecule has 1 aromatic rings. The zero-order chi connectivity index (χ0) is 23.3. The first-order valence-electron chi connectivity index (χ1n) is 12.4. The average Bonchev–Trinajstić information content (AvgIpc) is 3.05. The maximum atomic E-state index is 13.2. The number of aliphatic hydroxyl groups is 1. The van der Waals surface area contributed by atoms with Gasteiger partial charge in [-0.05, 0) is 54.9 Å². The van der Waals surface area contributed by atoms with Crippen molar-refractivity contribution in [1.82, 2.24) is 0 Å². The van der Waals surface area contributed by atoms with Crippen LogP contribution in [0.3, 0.4) is 0 Å². The van der Waals surface area contributed by atoms with Gasteiger partial charge in [-0.3, -0.25) is 9.59 Å². The van der Waals surface area contributed by atoms with E-state index in [1.165, 1.54) is 19.8 Å². The van der Waals surface area contributed by atoms with Crippen LogP contribution in [0.15, 0.2) is 42.5 Å². The molecule has 0 amide bonds. The van der Waals surface area contributed by atoms with Crippen molar-refractivity contribution >= 4 is 11.8 Å². The Morgan fingerprint density at radius 1 is 1.22 bits per heavy atom. The Morgan fingerprint density at radius 3 is 2.59 bits per heavy atom. The summed E-state index contributed by atoms with van der Waals surface area (Å²) in [7, 11) is 0. The van der Waals surface area contributed by atoms with Crippen molar-refractivity contribution in [2.24, 2.45) is 35.5 Å². The topological polar surface area (TPSA) is 63.6 Å². The summed E-state index contributed by atoms with van der Waals surface area (Å²) in [6, 6.07) is 9.69. The molecule has 32 heavy (non-hydrogen) atoms. The highest BCUT2D eigenvalue weighted by Gasteiger charge is 2.49. The van der Waals surface area contributed by atoms with E-state index in [0.717, 1.165) is 18.4 Å². The molecule has 7 atom stereocenters. The molecule has 2 aliphatic rings. The van der Waals surface area contributed by atoms with Gasteiger partial charge in [-0.15, -0.1) is 0 Å². The van der Waals surface area contributed by atoms with Crippen molar-refractivity contribution < 1.29 is 19.4 Å². The van der Waals surface area contributed by atoms with Gasteiger partial charge in [-0.1, -0.05) is 69.7 Å². The van der Waals surface area contributed by atoms with Crippen molar-refractivity contribution in [2.75, 3.05) is 0 Å². The van der Waals surface area contributed by atoms with Crippen LogP contribution >= 0.6 is 0 Å². The molecule has 0 spiro atoms. The molecule has 1 unspecified atom stereocenters. The first-order valence-corrected chi connectivity index (χ1v) is 12.4. The van der Waals surface area contributed by atoms with Gasteiger partial charge in [-0.25, -0.2) is 0 Å². The van der Waals surface area contributed by atoms with Crippen LogP contribution in [0.2, 0.25) is 0 Å². The van der Waals surface area contributed by atoms with Crippen LogP contribution in [0, 0.1) is 35.5 Å². The molecular formula is C28H40O4. The zero-order valence-electron chi connectivity index (χ0n) is 20.1. The van der Waals surface area contributed by atoms with E-state index in [9.17, 15) is 14.7 Å². The molecule has 0 aromatic heterocycles. The van der Waals surface area contributed by atoms with Gasteiger partial charge >= 0.3 is 5.97 Å². The smallest absolute Gasteiger partial charge is 0.302 e. The van der Waals surface area contributed by atoms with Crippen molar-refractivity contribution in [1.29, 1.82) is 0 Å². The molecule has 0 saturated heterocycles. The van der Waals surface area contributed by atoms with Gasteiger partial charge < -0.3 is 9.84 Å². The van der Waals surface area contributed by atoms with Gasteiger partial charge in [0.05, 0.1) is 6.10 Å². The molecule has 2 saturated carbocycles. The second-order valence-electron chi connectivity index (χ2n) is 10.3. The quantitative estimate of drug-likeness (QED) is 0.404. The zero-order valence-corrected chi connectivity index (χ0v) is 20.1. The number of benzene rings is 1. The summed E-state index contributed by atoms with van der Waals surface area (Å²) in [5.41, 5.74) is 0.920. The van der Waals surface area contributed by atoms with Crippen LogP contribution in [0.1, 0.15) is 77.9 Å². The fourth-order valence-corrected chi connectivity index (χ4v) is 6.06. The maximum Gasteiger partial charge on any atom is 0.302 e. The second-order valence-corrected chi connectivity index (χ2v) is 10.3. The minimum Gasteiger partial charge on any atom is -0.461 e. The number of ketones is 1. The number of hydrogen-bond donors (Lipinski definition) is 1. The van der Waals surface area contributed by atoms with Crippen molar-refractivity contribution in [3.8, 4) is 0 Å². The summed E-state index contributed by atoms with van der Waals surface area (Å²) < 4.78 is 5.62. The van der Waals surface area contributed by atoms with Gasteiger partial charge in [0.1, 0.15) is 11.9 Å². The standard InChI is InChI=1S/C28H40O4/c1-18(2)22-15-14-19(3)16-24(22)28-23(27(17-26(28)31)32-20(4)29)12-8-9-13-25(30)21-10-6-5-7-11-21/h5-8,10-12,18-19,22-25,27-28,30H,9,13-17H2,1-4H3/t19-,22-,23+,24+,25?,27-,28+/m1/s1. The van der Waals surface area contributed by atoms with Crippen LogP contribution in [0.25, 0.3) is 0 Å². The number of carbonyl (C=O) groups is 2. The van der Waals surface area contributed by atoms with Crippen LogP contribution < -0.4 is 0 Å². The van der Waals surface area contributed by atoms with E-state index in [1.807, 2.05) is 30.3 Å². The molecule has 2 fully saturated rings. The van der Waals surface area contributed by atoms with Crippen LogP contribution in [0.5, 0.6) is 0 Å². The Labute approximate surface area is 193 Å². The normalized spacial score (nSPS) is 31.9. The van der Waals surface area contributed by atoms with E-state index in [4.69, 9.17) is 4.74 Å². The molecule has 4 nitrogen and oxygen atoms in total. The van der Waals surface area contributed by atoms with Crippen molar-refractivity contribution in [3.05, 3.63) is 48.0 Å². The molecule has 0 heterocycles.